The number of fused-ring (bicyclic) bond motifs is 2. The Morgan fingerprint density at radius 1 is 0.426 bits per heavy atom. The molecular formula is C90H136N20O18S. The first-order valence-electron chi connectivity index (χ1n) is 44.2. The van der Waals surface area contributed by atoms with E-state index in [1.807, 2.05) is 20.1 Å². The van der Waals surface area contributed by atoms with Crippen LogP contribution in [0, 0.1) is 23.7 Å². The number of methoxy groups -OCH3 is 1. The summed E-state index contributed by atoms with van der Waals surface area (Å²) in [6.07, 6.45) is 4.00. The van der Waals surface area contributed by atoms with Crippen LogP contribution < -0.4 is 113 Å². The zero-order valence-electron chi connectivity index (χ0n) is 75.8. The van der Waals surface area contributed by atoms with Crippen LogP contribution in [0.5, 0.6) is 11.5 Å². The number of hydrogen-bond donors (Lipinski definition) is 21. The minimum absolute atomic E-state index is 0.0190. The Bertz CT molecular complexity index is 4360. The number of nitrogens with two attached hydrogens (primary N) is 4. The Balaban J connectivity index is 1.49. The topological polar surface area (TPSA) is 599 Å². The van der Waals surface area contributed by atoms with Gasteiger partial charge in [0.2, 0.25) is 70.9 Å². The quantitative estimate of drug-likeness (QED) is 0.0316. The largest absolute Gasteiger partial charge is 0.508 e. The van der Waals surface area contributed by atoms with Gasteiger partial charge in [-0.05, 0) is 180 Å². The van der Waals surface area contributed by atoms with Crippen molar-refractivity contribution < 1.29 is 86.6 Å². The van der Waals surface area contributed by atoms with Crippen molar-refractivity contribution in [3.8, 4) is 11.5 Å². The lowest BCUT2D eigenvalue weighted by Crippen LogP contribution is -2.62. The highest BCUT2D eigenvalue weighted by Crippen LogP contribution is 2.24. The summed E-state index contributed by atoms with van der Waals surface area (Å²) >= 11 is 1.40. The molecule has 0 saturated carbocycles. The second kappa shape index (κ2) is 56.5. The van der Waals surface area contributed by atoms with Gasteiger partial charge in [-0.1, -0.05) is 141 Å². The molecule has 129 heavy (non-hydrogen) atoms. The minimum atomic E-state index is -1.56. The van der Waals surface area contributed by atoms with Crippen LogP contribution in [0.4, 0.5) is 5.69 Å². The van der Waals surface area contributed by atoms with E-state index in [1.54, 1.807) is 102 Å². The van der Waals surface area contributed by atoms with E-state index in [9.17, 15) is 81.8 Å². The van der Waals surface area contributed by atoms with E-state index in [-0.39, 0.29) is 125 Å². The number of anilines is 1. The van der Waals surface area contributed by atoms with Crippen molar-refractivity contribution in [2.24, 2.45) is 46.6 Å². The lowest BCUT2D eigenvalue weighted by molar-refractivity contribution is -0.138. The third kappa shape index (κ3) is 37.1. The van der Waals surface area contributed by atoms with Crippen LogP contribution in [-0.4, -0.2) is 223 Å². The van der Waals surface area contributed by atoms with Gasteiger partial charge in [-0.2, -0.15) is 11.8 Å². The molecule has 1 aliphatic rings. The van der Waals surface area contributed by atoms with Gasteiger partial charge in [0.1, 0.15) is 78.0 Å². The summed E-state index contributed by atoms with van der Waals surface area (Å²) in [6, 6.07) is 9.71. The number of phenolic OH excluding ortho intramolecular Hbond substituents is 1. The molecule has 710 valence electrons. The number of carbonyl (C=O) groups is 16. The van der Waals surface area contributed by atoms with Crippen LogP contribution in [0.3, 0.4) is 0 Å². The predicted octanol–water partition coefficient (Wildman–Crippen LogP) is 0.447. The fourth-order valence-electron chi connectivity index (χ4n) is 13.9. The number of benzene rings is 4. The van der Waals surface area contributed by atoms with Crippen LogP contribution in [-0.2, 0) is 91.2 Å². The third-order valence-corrected chi connectivity index (χ3v) is 22.7. The van der Waals surface area contributed by atoms with Gasteiger partial charge < -0.3 is 107 Å². The number of phenols is 1. The standard InChI is InChI=1S/C90H136N20O18S/c1-12-53(7)73-87(124)104-68(47-56-26-16-14-17-27-56)84(121)102-67(46-51(3)4)82(119)101-66(40-45-129-11)81(118)106-72(52(5)6)86(123)96-44-25-31-63(94)78(115)99-65(33-21-23-42-92)80(117)103-70(48-57-28-18-15-19-29-57)85(122)110-109-76(113)61-50-59(36-39-71(61)128-10)98-89(126)90(127)105-69(49-58-34-37-60(111)38-35-58)83(120)100-64(32-20-22-41-91)79(116)95-43-24-30-62(93)77(114)97-55(9)75(112)107-74(54(8)13-2)88(125)108-73/h14-19,26-29,34-39,50-55,62-70,72-74,111H,12-13,20-25,30-33,40-49,91-94H2,1-11H3,(H,95,116)(H,96,123)(H,97,114)(H,98,126)(H,99,115)(H,100,120)(H,101,119)(H,102,121)(H,103,117)(H,104,124)(H,105,127)(H,106,118)(H,107,112)(H,108,125)(H,109,113)(H,110,122)/t53-,54-,55-,62-,63-,64-,65-,66-,67-,68-,69-,70-,72-,73-,74-/m0/s1. The van der Waals surface area contributed by atoms with Gasteiger partial charge >= 0.3 is 11.8 Å². The third-order valence-electron chi connectivity index (χ3n) is 22.0. The summed E-state index contributed by atoms with van der Waals surface area (Å²) in [5, 5.41) is 48.0. The van der Waals surface area contributed by atoms with Crippen molar-refractivity contribution in [3.63, 3.8) is 0 Å². The van der Waals surface area contributed by atoms with Crippen LogP contribution in [0.2, 0.25) is 0 Å². The number of ether oxygens (including phenoxy) is 1. The zero-order valence-corrected chi connectivity index (χ0v) is 76.6. The number of rotatable bonds is 25. The zero-order chi connectivity index (χ0) is 95.4. The van der Waals surface area contributed by atoms with Gasteiger partial charge in [-0.3, -0.25) is 87.6 Å². The molecule has 0 radical (unpaired) electrons. The van der Waals surface area contributed by atoms with Gasteiger partial charge in [0, 0.05) is 38.0 Å². The molecule has 0 aliphatic carbocycles. The maximum absolute atomic E-state index is 14.9. The first kappa shape index (κ1) is 108. The van der Waals surface area contributed by atoms with Crippen LogP contribution >= 0.6 is 11.8 Å². The van der Waals surface area contributed by atoms with E-state index < -0.39 is 191 Å². The van der Waals surface area contributed by atoms with Crippen molar-refractivity contribution in [2.75, 3.05) is 50.6 Å². The molecule has 0 unspecified atom stereocenters. The molecule has 1 aliphatic heterocycles. The first-order valence-corrected chi connectivity index (χ1v) is 45.6. The Hall–Kier alpha value is -11.8. The van der Waals surface area contributed by atoms with Gasteiger partial charge in [-0.15, -0.1) is 0 Å². The number of carbonyl (C=O) groups excluding carboxylic acids is 16. The van der Waals surface area contributed by atoms with E-state index in [0.717, 1.165) is 6.07 Å². The Kier molecular flexibility index (Phi) is 47.2. The SMILES string of the molecule is CC[C@H](C)[C@@H]1NC(=O)[C@H](C)NC(=O)[C@@H](N)CCCNC(=O)[C@H](CCCCN)NC(=O)[C@H](Cc2ccc(O)cc2)NC(=O)C(=O)Nc2ccc(OC)c(c2)C(=O)NNC(=O)[C@H](Cc2ccccc2)NC(=O)[C@H](CCCCN)NC(=O)[C@@H](N)CCCNC(=O)[C@H](C(C)C)NC(=O)[C@H](CCSC)NC(=O)[C@H](CC(C)C)NC(=O)[C@H](Cc2ccccc2)NC(=O)[C@H]([C@@H](C)CC)NC1=O. The van der Waals surface area contributed by atoms with Crippen LogP contribution in [0.15, 0.2) is 103 Å². The van der Waals surface area contributed by atoms with Crippen molar-refractivity contribution >= 4 is 112 Å². The highest BCUT2D eigenvalue weighted by molar-refractivity contribution is 7.98. The monoisotopic (exact) mass is 1820 g/mol. The molecule has 0 aromatic heterocycles. The number of nitrogens with one attached hydrogen (secondary N) is 16. The number of aromatic hydroxyl groups is 1. The molecule has 5 rings (SSSR count). The summed E-state index contributed by atoms with van der Waals surface area (Å²) in [5.74, 6) is -15.3. The Morgan fingerprint density at radius 2 is 0.853 bits per heavy atom. The number of amides is 16. The normalized spacial score (nSPS) is 24.0. The molecule has 38 nitrogen and oxygen atoms in total. The summed E-state index contributed by atoms with van der Waals surface area (Å²) in [5.41, 5.74) is 30.3. The average molecular weight is 1820 g/mol. The molecule has 0 spiro atoms. The molecule has 2 bridgehead atoms. The van der Waals surface area contributed by atoms with Crippen molar-refractivity contribution in [3.05, 3.63) is 125 Å². The number of thioether (sulfide) groups is 1. The van der Waals surface area contributed by atoms with Gasteiger partial charge in [0.05, 0.1) is 24.8 Å². The molecule has 0 fully saturated rings. The molecule has 39 heteroatoms. The molecule has 0 saturated heterocycles. The Morgan fingerprint density at radius 3 is 1.36 bits per heavy atom. The number of unbranched alkanes of at least 4 members (excludes halogenated alkanes) is 2. The molecule has 16 amide bonds. The molecular weight excluding hydrogens is 1680 g/mol. The number of hydrogen-bond acceptors (Lipinski definition) is 23. The van der Waals surface area contributed by atoms with Crippen molar-refractivity contribution in [1.82, 2.24) is 80.0 Å². The van der Waals surface area contributed by atoms with Gasteiger partial charge in [-0.25, -0.2) is 0 Å². The second-order valence-corrected chi connectivity index (χ2v) is 34.2. The molecule has 1 heterocycles. The lowest BCUT2D eigenvalue weighted by atomic mass is 9.94. The minimum Gasteiger partial charge on any atom is -0.508 e. The summed E-state index contributed by atoms with van der Waals surface area (Å²) < 4.78 is 5.46. The highest BCUT2D eigenvalue weighted by Gasteiger charge is 2.39. The van der Waals surface area contributed by atoms with Gasteiger partial charge in [0.25, 0.3) is 11.8 Å². The van der Waals surface area contributed by atoms with Gasteiger partial charge in [0.15, 0.2) is 0 Å². The molecule has 4 aromatic carbocycles. The van der Waals surface area contributed by atoms with E-state index in [4.69, 9.17) is 27.7 Å². The smallest absolute Gasteiger partial charge is 0.313 e. The summed E-state index contributed by atoms with van der Waals surface area (Å²) in [7, 11) is 1.24. The van der Waals surface area contributed by atoms with Crippen molar-refractivity contribution in [2.45, 2.75) is 250 Å². The number of hydrazine groups is 1. The first-order chi connectivity index (χ1) is 61.4. The van der Waals surface area contributed by atoms with Crippen LogP contribution in [0.1, 0.15) is 179 Å². The van der Waals surface area contributed by atoms with Crippen LogP contribution in [0.25, 0.3) is 0 Å². The fraction of sp³-hybridized carbons (Fsp3) is 0.556. The molecule has 4 aromatic rings. The van der Waals surface area contributed by atoms with E-state index >= 15 is 0 Å². The highest BCUT2D eigenvalue weighted by atomic mass is 32.2. The maximum Gasteiger partial charge on any atom is 0.313 e. The summed E-state index contributed by atoms with van der Waals surface area (Å²) in [4.78, 5) is 229. The van der Waals surface area contributed by atoms with E-state index in [1.165, 1.54) is 62.2 Å². The van der Waals surface area contributed by atoms with E-state index in [2.05, 4.69) is 85.3 Å². The molecule has 25 N–H and O–H groups in total. The lowest BCUT2D eigenvalue weighted by Gasteiger charge is -2.31. The maximum atomic E-state index is 14.9. The van der Waals surface area contributed by atoms with Crippen molar-refractivity contribution in [1.29, 1.82) is 0 Å². The fourth-order valence-corrected chi connectivity index (χ4v) is 14.3. The summed E-state index contributed by atoms with van der Waals surface area (Å²) in [6.45, 7) is 15.8. The van der Waals surface area contributed by atoms with E-state index in [0.29, 0.717) is 61.0 Å². The predicted molar refractivity (Wildman–Crippen MR) is 489 cm³/mol. The average Bonchev–Trinajstić information content (AvgIpc) is 0.825. The Labute approximate surface area is 758 Å². The second-order valence-electron chi connectivity index (χ2n) is 33.2. The molecule has 15 atom stereocenters.